The maximum atomic E-state index is 14.1. The van der Waals surface area contributed by atoms with Crippen LogP contribution in [0.4, 0.5) is 33.3 Å². The number of hydrogen-bond donors (Lipinski definition) is 0. The number of nitrogens with zero attached hydrogens (tertiary/aromatic N) is 3. The molecule has 0 unspecified atom stereocenters. The molecule has 0 saturated carbocycles. The summed E-state index contributed by atoms with van der Waals surface area (Å²) in [5.74, 6) is -1.45. The van der Waals surface area contributed by atoms with Gasteiger partial charge in [-0.2, -0.15) is 18.3 Å². The molecule has 0 N–H and O–H groups in total. The first-order valence-corrected chi connectivity index (χ1v) is 8.51. The largest absolute Gasteiger partial charge is 0.437 e. The quantitative estimate of drug-likeness (QED) is 0.404. The van der Waals surface area contributed by atoms with Gasteiger partial charge in [-0.25, -0.2) is 8.78 Å². The smallest absolute Gasteiger partial charge is 0.278 e. The van der Waals surface area contributed by atoms with E-state index in [0.717, 1.165) is 28.6 Å². The average molecular weight is 393 g/mol. The number of hydrogen-bond acceptors (Lipinski definition) is 3. The lowest BCUT2D eigenvalue weighted by Crippen LogP contribution is -2.20. The number of carbonyl (C=O) groups is 1. The van der Waals surface area contributed by atoms with Crippen molar-refractivity contribution in [3.05, 3.63) is 35.5 Å². The molecular weight excluding hydrogens is 377 g/mol. The number of aryl methyl sites for hydroxylation is 1. The molecule has 0 aliphatic rings. The van der Waals surface area contributed by atoms with E-state index in [9.17, 15) is 26.7 Å². The molecule has 0 saturated heterocycles. The van der Waals surface area contributed by atoms with Crippen LogP contribution in [0, 0.1) is 17.6 Å². The Morgan fingerprint density at radius 3 is 2.46 bits per heavy atom. The first-order valence-electron chi connectivity index (χ1n) is 7.52. The molecule has 0 spiro atoms. The zero-order valence-corrected chi connectivity index (χ0v) is 15.0. The Morgan fingerprint density at radius 2 is 1.96 bits per heavy atom. The predicted molar refractivity (Wildman–Crippen MR) is 88.3 cm³/mol. The summed E-state index contributed by atoms with van der Waals surface area (Å²) in [4.78, 5) is 12.1. The van der Waals surface area contributed by atoms with Crippen molar-refractivity contribution in [2.24, 2.45) is 13.0 Å². The summed E-state index contributed by atoms with van der Waals surface area (Å²) in [5.41, 5.74) is -2.39. The lowest BCUT2D eigenvalue weighted by atomic mass is 10.2. The third kappa shape index (κ3) is 4.17. The minimum atomic E-state index is -4.86. The van der Waals surface area contributed by atoms with Crippen LogP contribution in [0.5, 0.6) is 0 Å². The van der Waals surface area contributed by atoms with E-state index >= 15 is 0 Å². The highest BCUT2D eigenvalue weighted by molar-refractivity contribution is 7.99. The normalized spacial score (nSPS) is 11.9. The molecule has 142 valence electrons. The molecule has 1 heterocycles. The molecule has 0 atom stereocenters. The monoisotopic (exact) mass is 393 g/mol. The predicted octanol–water partition coefficient (Wildman–Crippen LogP) is 4.76. The zero-order valence-electron chi connectivity index (χ0n) is 14.1. The van der Waals surface area contributed by atoms with Crippen molar-refractivity contribution < 1.29 is 26.7 Å². The number of rotatable bonds is 6. The van der Waals surface area contributed by atoms with E-state index in [-0.39, 0.29) is 17.4 Å². The third-order valence-electron chi connectivity index (χ3n) is 3.31. The Balaban J connectivity index is 2.67. The number of benzene rings is 1. The molecule has 1 aromatic heterocycles. The van der Waals surface area contributed by atoms with Gasteiger partial charge < -0.3 is 0 Å². The minimum Gasteiger partial charge on any atom is -0.278 e. The van der Waals surface area contributed by atoms with Crippen molar-refractivity contribution >= 4 is 29.5 Å². The van der Waals surface area contributed by atoms with Crippen LogP contribution in [0.3, 0.4) is 0 Å². The Hall–Kier alpha value is -2.10. The van der Waals surface area contributed by atoms with Crippen LogP contribution in [-0.4, -0.2) is 21.9 Å². The number of thioether (sulfide) groups is 1. The molecule has 0 radical (unpaired) electrons. The van der Waals surface area contributed by atoms with Crippen molar-refractivity contribution in [2.45, 2.75) is 25.0 Å². The molecule has 1 aromatic carbocycles. The standard InChI is InChI=1S/C16H16F5N3OS/c1-9(2)7-26-15-13(14(16(19,20)21)22-23(15)3)24(8-25)12-5-4-10(17)6-11(12)18/h4-6,8-9H,7H2,1-3H3. The molecule has 0 bridgehead atoms. The summed E-state index contributed by atoms with van der Waals surface area (Å²) in [6.45, 7) is 3.76. The third-order valence-corrected chi connectivity index (χ3v) is 4.87. The Labute approximate surface area is 151 Å². The Bertz CT molecular complexity index is 804. The minimum absolute atomic E-state index is 0.0573. The lowest BCUT2D eigenvalue weighted by molar-refractivity contribution is -0.140. The number of alkyl halides is 3. The van der Waals surface area contributed by atoms with E-state index in [4.69, 9.17) is 0 Å². The second-order valence-electron chi connectivity index (χ2n) is 5.90. The van der Waals surface area contributed by atoms with E-state index in [2.05, 4.69) is 5.10 Å². The number of carbonyl (C=O) groups excluding carboxylic acids is 1. The van der Waals surface area contributed by atoms with Gasteiger partial charge in [0.15, 0.2) is 5.69 Å². The van der Waals surface area contributed by atoms with Gasteiger partial charge in [0, 0.05) is 18.9 Å². The van der Waals surface area contributed by atoms with Gasteiger partial charge in [0.25, 0.3) is 0 Å². The van der Waals surface area contributed by atoms with Crippen molar-refractivity contribution in [3.8, 4) is 0 Å². The van der Waals surface area contributed by atoms with Crippen LogP contribution in [-0.2, 0) is 18.0 Å². The molecule has 0 fully saturated rings. The summed E-state index contributed by atoms with van der Waals surface area (Å²) in [6, 6.07) is 2.26. The Morgan fingerprint density at radius 1 is 1.31 bits per heavy atom. The summed E-state index contributed by atoms with van der Waals surface area (Å²) >= 11 is 1.07. The van der Waals surface area contributed by atoms with Gasteiger partial charge in [0.1, 0.15) is 22.3 Å². The van der Waals surface area contributed by atoms with Gasteiger partial charge in [-0.1, -0.05) is 13.8 Å². The number of amides is 1. The van der Waals surface area contributed by atoms with Crippen molar-refractivity contribution in [3.63, 3.8) is 0 Å². The molecule has 10 heteroatoms. The van der Waals surface area contributed by atoms with Crippen LogP contribution in [0.1, 0.15) is 19.5 Å². The first kappa shape index (κ1) is 20.2. The zero-order chi connectivity index (χ0) is 19.6. The second-order valence-corrected chi connectivity index (χ2v) is 6.91. The summed E-state index contributed by atoms with van der Waals surface area (Å²) in [7, 11) is 1.31. The lowest BCUT2D eigenvalue weighted by Gasteiger charge is -2.20. The van der Waals surface area contributed by atoms with E-state index in [1.54, 1.807) is 0 Å². The number of aromatic nitrogens is 2. The first-order chi connectivity index (χ1) is 12.1. The van der Waals surface area contributed by atoms with Crippen LogP contribution in [0.25, 0.3) is 0 Å². The van der Waals surface area contributed by atoms with Gasteiger partial charge in [-0.3, -0.25) is 14.4 Å². The molecule has 2 aromatic rings. The molecule has 0 aliphatic heterocycles. The van der Waals surface area contributed by atoms with E-state index in [0.29, 0.717) is 16.7 Å². The molecule has 2 rings (SSSR count). The van der Waals surface area contributed by atoms with Crippen molar-refractivity contribution in [2.75, 3.05) is 10.7 Å². The van der Waals surface area contributed by atoms with E-state index in [1.807, 2.05) is 13.8 Å². The van der Waals surface area contributed by atoms with E-state index in [1.165, 1.54) is 7.05 Å². The highest BCUT2D eigenvalue weighted by Gasteiger charge is 2.41. The van der Waals surface area contributed by atoms with Gasteiger partial charge in [0.05, 0.1) is 5.69 Å². The summed E-state index contributed by atoms with van der Waals surface area (Å²) < 4.78 is 68.5. The SMILES string of the molecule is CC(C)CSc1c(N(C=O)c2ccc(F)cc2F)c(C(F)(F)F)nn1C. The van der Waals surface area contributed by atoms with Gasteiger partial charge >= 0.3 is 6.18 Å². The fraction of sp³-hybridized carbons (Fsp3) is 0.375. The molecule has 0 aliphatic carbocycles. The maximum Gasteiger partial charge on any atom is 0.437 e. The fourth-order valence-corrected chi connectivity index (χ4v) is 3.27. The molecular formula is C16H16F5N3OS. The van der Waals surface area contributed by atoms with E-state index < -0.39 is 34.9 Å². The molecule has 4 nitrogen and oxygen atoms in total. The number of halogens is 5. The van der Waals surface area contributed by atoms with Crippen LogP contribution >= 0.6 is 11.8 Å². The maximum absolute atomic E-state index is 14.1. The highest BCUT2D eigenvalue weighted by Crippen LogP contribution is 2.44. The molecule has 1 amide bonds. The average Bonchev–Trinajstić information content (AvgIpc) is 2.85. The Kier molecular flexibility index (Phi) is 5.94. The topological polar surface area (TPSA) is 38.1 Å². The van der Waals surface area contributed by atoms with Gasteiger partial charge in [0.2, 0.25) is 6.41 Å². The fourth-order valence-electron chi connectivity index (χ4n) is 2.22. The summed E-state index contributed by atoms with van der Waals surface area (Å²) in [6.07, 6.45) is -4.80. The number of anilines is 2. The van der Waals surface area contributed by atoms with Crippen molar-refractivity contribution in [1.29, 1.82) is 0 Å². The van der Waals surface area contributed by atoms with Crippen LogP contribution < -0.4 is 4.90 Å². The van der Waals surface area contributed by atoms with Gasteiger partial charge in [-0.15, -0.1) is 11.8 Å². The molecule has 26 heavy (non-hydrogen) atoms. The van der Waals surface area contributed by atoms with Crippen LogP contribution in [0.15, 0.2) is 23.2 Å². The van der Waals surface area contributed by atoms with Crippen LogP contribution in [0.2, 0.25) is 0 Å². The van der Waals surface area contributed by atoms with Crippen molar-refractivity contribution in [1.82, 2.24) is 9.78 Å². The van der Waals surface area contributed by atoms with Gasteiger partial charge in [-0.05, 0) is 18.1 Å². The summed E-state index contributed by atoms with van der Waals surface area (Å²) in [5, 5.41) is 3.53. The highest BCUT2D eigenvalue weighted by atomic mass is 32.2. The second kappa shape index (κ2) is 7.65.